The third-order valence-corrected chi connectivity index (χ3v) is 10.5. The van der Waals surface area contributed by atoms with Gasteiger partial charge in [0.25, 0.3) is 0 Å². The fourth-order valence-electron chi connectivity index (χ4n) is 7.07. The molecule has 1 N–H and O–H groups in total. The van der Waals surface area contributed by atoms with Gasteiger partial charge in [0.05, 0.1) is 22.7 Å². The maximum absolute atomic E-state index is 13.5. The van der Waals surface area contributed by atoms with Gasteiger partial charge >= 0.3 is 0 Å². The number of fused-ring (bicyclic) bond motifs is 1. The molecule has 1 aliphatic heterocycles. The molecule has 9 heteroatoms. The van der Waals surface area contributed by atoms with Gasteiger partial charge in [0.15, 0.2) is 0 Å². The Kier molecular flexibility index (Phi) is 5.05. The fourth-order valence-corrected chi connectivity index (χ4v) is 8.96. The van der Waals surface area contributed by atoms with E-state index in [0.29, 0.717) is 35.7 Å². The number of aromatic nitrogens is 2. The second-order valence-corrected chi connectivity index (χ2v) is 12.6. The predicted octanol–water partition coefficient (Wildman–Crippen LogP) is 4.03. The molecule has 4 aliphatic carbocycles. The highest BCUT2D eigenvalue weighted by Gasteiger charge is 2.54. The van der Waals surface area contributed by atoms with E-state index >= 15 is 0 Å². The SMILES string of the molecule is O=C(Nc1ncnc2c1CCN(S(=O)(=O)c1ccccc1Cl)C2)C12CC3CC(CC(C3)C1)C2. The van der Waals surface area contributed by atoms with Gasteiger partial charge in [-0.2, -0.15) is 4.31 Å². The van der Waals surface area contributed by atoms with Gasteiger partial charge in [-0.1, -0.05) is 23.7 Å². The Balaban J connectivity index is 1.24. The third-order valence-electron chi connectivity index (χ3n) is 8.18. The molecule has 1 amide bonds. The molecule has 0 saturated heterocycles. The molecule has 0 radical (unpaired) electrons. The molecule has 4 saturated carbocycles. The predicted molar refractivity (Wildman–Crippen MR) is 124 cm³/mol. The second kappa shape index (κ2) is 7.75. The number of amides is 1. The summed E-state index contributed by atoms with van der Waals surface area (Å²) in [6.45, 7) is 0.416. The minimum Gasteiger partial charge on any atom is -0.310 e. The number of nitrogens with one attached hydrogen (secondary N) is 1. The Hall–Kier alpha value is -2.03. The zero-order valence-electron chi connectivity index (χ0n) is 18.3. The van der Waals surface area contributed by atoms with Crippen LogP contribution in [-0.2, 0) is 27.8 Å². The lowest BCUT2D eigenvalue weighted by molar-refractivity contribution is -0.140. The largest absolute Gasteiger partial charge is 0.310 e. The average Bonchev–Trinajstić information content (AvgIpc) is 2.78. The normalized spacial score (nSPS) is 30.8. The van der Waals surface area contributed by atoms with E-state index in [9.17, 15) is 13.2 Å². The van der Waals surface area contributed by atoms with E-state index in [-0.39, 0.29) is 34.3 Å². The molecule has 4 fully saturated rings. The van der Waals surface area contributed by atoms with Crippen molar-refractivity contribution in [3.8, 4) is 0 Å². The van der Waals surface area contributed by atoms with Crippen molar-refractivity contribution in [2.24, 2.45) is 23.2 Å². The van der Waals surface area contributed by atoms with Crippen LogP contribution in [0.4, 0.5) is 5.82 Å². The van der Waals surface area contributed by atoms with Crippen molar-refractivity contribution in [2.45, 2.75) is 56.4 Å². The molecular weight excluding hydrogens is 460 g/mol. The number of carbonyl (C=O) groups is 1. The minimum atomic E-state index is -3.75. The van der Waals surface area contributed by atoms with E-state index in [2.05, 4.69) is 15.3 Å². The first-order chi connectivity index (χ1) is 15.8. The van der Waals surface area contributed by atoms with E-state index in [0.717, 1.165) is 24.8 Å². The van der Waals surface area contributed by atoms with E-state index in [1.54, 1.807) is 18.2 Å². The Bertz CT molecular complexity index is 1200. The zero-order valence-corrected chi connectivity index (χ0v) is 19.9. The molecule has 174 valence electrons. The quantitative estimate of drug-likeness (QED) is 0.704. The van der Waals surface area contributed by atoms with Crippen molar-refractivity contribution < 1.29 is 13.2 Å². The first-order valence-corrected chi connectivity index (χ1v) is 13.5. The second-order valence-electron chi connectivity index (χ2n) is 10.3. The number of sulfonamides is 1. The molecule has 5 aliphatic rings. The molecular formula is C24H27ClN4O3S. The first-order valence-electron chi connectivity index (χ1n) is 11.7. The number of carbonyl (C=O) groups excluding carboxylic acids is 1. The van der Waals surface area contributed by atoms with Crippen molar-refractivity contribution in [1.29, 1.82) is 0 Å². The van der Waals surface area contributed by atoms with Gasteiger partial charge < -0.3 is 5.32 Å². The van der Waals surface area contributed by atoms with Crippen LogP contribution in [-0.4, -0.2) is 35.1 Å². The van der Waals surface area contributed by atoms with Crippen molar-refractivity contribution in [1.82, 2.24) is 14.3 Å². The number of nitrogens with zero attached hydrogens (tertiary/aromatic N) is 3. The molecule has 2 heterocycles. The highest BCUT2D eigenvalue weighted by atomic mass is 35.5. The standard InChI is InChI=1S/C24H27ClN4O3S/c25-19-3-1-2-4-21(19)33(31,32)29-6-5-18-20(13-29)26-14-27-22(18)28-23(30)24-10-15-7-16(11-24)9-17(8-15)12-24/h1-4,14-17H,5-13H2,(H,26,27,28,30). The Labute approximate surface area is 199 Å². The summed E-state index contributed by atoms with van der Waals surface area (Å²) >= 11 is 6.16. The number of hydrogen-bond donors (Lipinski definition) is 1. The van der Waals surface area contributed by atoms with Crippen molar-refractivity contribution in [3.63, 3.8) is 0 Å². The summed E-state index contributed by atoms with van der Waals surface area (Å²) in [4.78, 5) is 22.3. The molecule has 4 bridgehead atoms. The average molecular weight is 487 g/mol. The van der Waals surface area contributed by atoms with Crippen LogP contribution in [0.15, 0.2) is 35.5 Å². The van der Waals surface area contributed by atoms with Gasteiger partial charge in [-0.15, -0.1) is 0 Å². The monoisotopic (exact) mass is 486 g/mol. The van der Waals surface area contributed by atoms with Crippen molar-refractivity contribution >= 4 is 33.3 Å². The van der Waals surface area contributed by atoms with E-state index < -0.39 is 10.0 Å². The molecule has 2 aromatic rings. The van der Waals surface area contributed by atoms with Crippen LogP contribution in [0.25, 0.3) is 0 Å². The summed E-state index contributed by atoms with van der Waals surface area (Å²) in [5, 5.41) is 3.35. The van der Waals surface area contributed by atoms with E-state index in [1.165, 1.54) is 36.0 Å². The van der Waals surface area contributed by atoms with Gasteiger partial charge in [-0.3, -0.25) is 4.79 Å². The zero-order chi connectivity index (χ0) is 22.8. The Morgan fingerprint density at radius 1 is 1.06 bits per heavy atom. The van der Waals surface area contributed by atoms with Crippen LogP contribution >= 0.6 is 11.6 Å². The van der Waals surface area contributed by atoms with Crippen LogP contribution in [0.2, 0.25) is 5.02 Å². The van der Waals surface area contributed by atoms with E-state index in [4.69, 9.17) is 11.6 Å². The summed E-state index contributed by atoms with van der Waals surface area (Å²) in [5.74, 6) is 2.68. The molecule has 7 rings (SSSR count). The summed E-state index contributed by atoms with van der Waals surface area (Å²) in [6, 6.07) is 6.46. The lowest BCUT2D eigenvalue weighted by atomic mass is 9.49. The van der Waals surface area contributed by atoms with Crippen LogP contribution in [0.5, 0.6) is 0 Å². The number of benzene rings is 1. The number of rotatable bonds is 4. The van der Waals surface area contributed by atoms with Crippen LogP contribution in [0.1, 0.15) is 49.8 Å². The summed E-state index contributed by atoms with van der Waals surface area (Å²) in [5.41, 5.74) is 1.20. The van der Waals surface area contributed by atoms with Crippen molar-refractivity contribution in [3.05, 3.63) is 46.9 Å². The molecule has 0 spiro atoms. The molecule has 1 aromatic carbocycles. The smallest absolute Gasteiger partial charge is 0.244 e. The molecule has 1 aromatic heterocycles. The first kappa shape index (κ1) is 21.5. The maximum atomic E-state index is 13.5. The highest BCUT2D eigenvalue weighted by molar-refractivity contribution is 7.89. The minimum absolute atomic E-state index is 0.0913. The summed E-state index contributed by atoms with van der Waals surface area (Å²) in [7, 11) is -3.75. The summed E-state index contributed by atoms with van der Waals surface area (Å²) in [6.07, 6.45) is 8.67. The number of anilines is 1. The topological polar surface area (TPSA) is 92.3 Å². The van der Waals surface area contributed by atoms with Crippen LogP contribution in [0, 0.1) is 23.2 Å². The van der Waals surface area contributed by atoms with Crippen molar-refractivity contribution in [2.75, 3.05) is 11.9 Å². The lowest BCUT2D eigenvalue weighted by Crippen LogP contribution is -2.52. The lowest BCUT2D eigenvalue weighted by Gasteiger charge is -2.55. The molecule has 0 atom stereocenters. The fraction of sp³-hybridized carbons (Fsp3) is 0.542. The van der Waals surface area contributed by atoms with Gasteiger partial charge in [0, 0.05) is 12.1 Å². The van der Waals surface area contributed by atoms with Gasteiger partial charge in [0.2, 0.25) is 15.9 Å². The number of hydrogen-bond acceptors (Lipinski definition) is 5. The third kappa shape index (κ3) is 3.58. The van der Waals surface area contributed by atoms with Crippen LogP contribution < -0.4 is 5.32 Å². The van der Waals surface area contributed by atoms with Gasteiger partial charge in [0.1, 0.15) is 17.0 Å². The molecule has 0 unspecified atom stereocenters. The van der Waals surface area contributed by atoms with Gasteiger partial charge in [-0.25, -0.2) is 18.4 Å². The Morgan fingerprint density at radius 2 is 1.73 bits per heavy atom. The highest BCUT2D eigenvalue weighted by Crippen LogP contribution is 2.60. The number of halogens is 1. The maximum Gasteiger partial charge on any atom is 0.244 e. The van der Waals surface area contributed by atoms with E-state index in [1.807, 2.05) is 0 Å². The molecule has 7 nitrogen and oxygen atoms in total. The van der Waals surface area contributed by atoms with Crippen LogP contribution in [0.3, 0.4) is 0 Å². The summed E-state index contributed by atoms with van der Waals surface area (Å²) < 4.78 is 27.7. The van der Waals surface area contributed by atoms with Gasteiger partial charge in [-0.05, 0) is 74.8 Å². The molecule has 33 heavy (non-hydrogen) atoms. The Morgan fingerprint density at radius 3 is 2.39 bits per heavy atom.